The van der Waals surface area contributed by atoms with Crippen LogP contribution >= 0.6 is 0 Å². The molecule has 0 aliphatic carbocycles. The van der Waals surface area contributed by atoms with Crippen molar-refractivity contribution < 1.29 is 18.8 Å². The number of amides is 3. The maximum Gasteiger partial charge on any atom is 0.255 e. The number of carbonyl (C=O) groups is 3. The number of hydrogen-bond acceptors (Lipinski definition) is 5. The van der Waals surface area contributed by atoms with E-state index in [0.29, 0.717) is 36.2 Å². The fourth-order valence-corrected chi connectivity index (χ4v) is 7.12. The van der Waals surface area contributed by atoms with Gasteiger partial charge in [0, 0.05) is 55.8 Å². The molecule has 7 rings (SSSR count). The molecule has 0 spiro atoms. The number of nitrogens with zero attached hydrogens (tertiary/aromatic N) is 3. The molecule has 204 valence electrons. The van der Waals surface area contributed by atoms with Gasteiger partial charge < -0.3 is 4.90 Å². The smallest absolute Gasteiger partial charge is 0.255 e. The summed E-state index contributed by atoms with van der Waals surface area (Å²) in [5.41, 5.74) is 4.20. The second-order valence-corrected chi connectivity index (χ2v) is 11.4. The lowest BCUT2D eigenvalue weighted by atomic mass is 9.96. The van der Waals surface area contributed by atoms with Crippen molar-refractivity contribution in [2.24, 2.45) is 0 Å². The molecule has 8 heteroatoms. The lowest BCUT2D eigenvalue weighted by Gasteiger charge is -2.39. The molecule has 4 aliphatic heterocycles. The van der Waals surface area contributed by atoms with E-state index in [-0.39, 0.29) is 36.6 Å². The third kappa shape index (κ3) is 4.32. The van der Waals surface area contributed by atoms with Crippen LogP contribution in [-0.4, -0.2) is 63.6 Å². The second-order valence-electron chi connectivity index (χ2n) is 11.4. The zero-order valence-corrected chi connectivity index (χ0v) is 22.1. The third-order valence-corrected chi connectivity index (χ3v) is 9.02. The monoisotopic (exact) mass is 538 g/mol. The maximum atomic E-state index is 15.3. The van der Waals surface area contributed by atoms with Crippen LogP contribution < -0.4 is 5.32 Å². The number of carbonyl (C=O) groups excluding carboxylic acids is 3. The Morgan fingerprint density at radius 2 is 1.60 bits per heavy atom. The Bertz CT molecular complexity index is 1440. The lowest BCUT2D eigenvalue weighted by Crippen LogP contribution is -2.52. The Balaban J connectivity index is 1.07. The number of piperidine rings is 1. The van der Waals surface area contributed by atoms with Crippen molar-refractivity contribution in [2.45, 2.75) is 56.5 Å². The van der Waals surface area contributed by atoms with Crippen LogP contribution in [0.25, 0.3) is 0 Å². The van der Waals surface area contributed by atoms with Gasteiger partial charge in [-0.25, -0.2) is 4.39 Å². The summed E-state index contributed by atoms with van der Waals surface area (Å²) in [5.74, 6) is -1.52. The Hall–Kier alpha value is -3.88. The predicted molar refractivity (Wildman–Crippen MR) is 146 cm³/mol. The summed E-state index contributed by atoms with van der Waals surface area (Å²) in [7, 11) is 0. The van der Waals surface area contributed by atoms with Crippen molar-refractivity contribution in [3.8, 4) is 0 Å². The zero-order valence-electron chi connectivity index (χ0n) is 22.1. The van der Waals surface area contributed by atoms with Crippen LogP contribution in [0.3, 0.4) is 0 Å². The highest BCUT2D eigenvalue weighted by Crippen LogP contribution is 2.41. The van der Waals surface area contributed by atoms with E-state index in [2.05, 4.69) is 63.6 Å². The Labute approximate surface area is 232 Å². The molecule has 3 fully saturated rings. The molecule has 0 radical (unpaired) electrons. The molecule has 3 aromatic carbocycles. The summed E-state index contributed by atoms with van der Waals surface area (Å²) in [6.45, 7) is 2.51. The molecule has 4 aliphatic rings. The third-order valence-electron chi connectivity index (χ3n) is 9.02. The predicted octanol–water partition coefficient (Wildman–Crippen LogP) is 3.63. The molecule has 40 heavy (non-hydrogen) atoms. The first-order chi connectivity index (χ1) is 19.5. The van der Waals surface area contributed by atoms with E-state index in [1.54, 1.807) is 6.07 Å². The van der Waals surface area contributed by atoms with E-state index in [1.165, 1.54) is 22.1 Å². The molecule has 1 N–H and O–H groups in total. The highest BCUT2D eigenvalue weighted by atomic mass is 19.1. The standard InChI is InChI=1S/C32H31FN4O3/c33-27-15-26-22(17-37(32(26)40)28-11-12-29(38)34-31(28)39)13-23(27)16-35-18-25-14-24(35)19-36(25)30(20-7-3-1-4-8-20)21-9-5-2-6-10-21/h1-10,13,15,24-25,28,30H,11-12,14,16-19H2,(H,34,38,39)/t24-,25-,28?/m0/s1. The first-order valence-electron chi connectivity index (χ1n) is 14.0. The largest absolute Gasteiger partial charge is 0.322 e. The number of rotatable bonds is 6. The quantitative estimate of drug-likeness (QED) is 0.486. The molecule has 3 aromatic rings. The SMILES string of the molecule is O=C1CCC(N2Cc3cc(CN4C[C@@H]5C[C@H]4CN5C(c4ccccc4)c4ccccc4)c(F)cc3C2=O)C(=O)N1. The molecule has 3 amide bonds. The van der Waals surface area contributed by atoms with Gasteiger partial charge in [-0.1, -0.05) is 60.7 Å². The van der Waals surface area contributed by atoms with Crippen LogP contribution in [-0.2, 0) is 22.7 Å². The average Bonchev–Trinajstić information content (AvgIpc) is 3.64. The molecule has 3 saturated heterocycles. The van der Waals surface area contributed by atoms with Gasteiger partial charge >= 0.3 is 0 Å². The first-order valence-corrected chi connectivity index (χ1v) is 14.0. The second kappa shape index (κ2) is 9.94. The number of halogens is 1. The Morgan fingerprint density at radius 1 is 0.900 bits per heavy atom. The maximum absolute atomic E-state index is 15.3. The summed E-state index contributed by atoms with van der Waals surface area (Å²) in [6.07, 6.45) is 1.53. The molecule has 7 nitrogen and oxygen atoms in total. The molecule has 0 saturated carbocycles. The van der Waals surface area contributed by atoms with Crippen LogP contribution in [0.1, 0.15) is 57.9 Å². The van der Waals surface area contributed by atoms with Crippen molar-refractivity contribution in [3.63, 3.8) is 0 Å². The van der Waals surface area contributed by atoms with E-state index in [4.69, 9.17) is 0 Å². The number of imide groups is 1. The minimum absolute atomic E-state index is 0.181. The Morgan fingerprint density at radius 3 is 2.23 bits per heavy atom. The van der Waals surface area contributed by atoms with Gasteiger partial charge in [0.1, 0.15) is 11.9 Å². The van der Waals surface area contributed by atoms with Gasteiger partial charge in [0.15, 0.2) is 0 Å². The molecule has 4 heterocycles. The van der Waals surface area contributed by atoms with Crippen LogP contribution in [0, 0.1) is 5.82 Å². The fourth-order valence-electron chi connectivity index (χ4n) is 7.12. The number of hydrogen-bond donors (Lipinski definition) is 1. The molecule has 3 atom stereocenters. The number of benzene rings is 3. The van der Waals surface area contributed by atoms with Crippen molar-refractivity contribution >= 4 is 17.7 Å². The molecular weight excluding hydrogens is 507 g/mol. The summed E-state index contributed by atoms with van der Waals surface area (Å²) in [4.78, 5) is 43.4. The van der Waals surface area contributed by atoms with E-state index in [0.717, 1.165) is 25.1 Å². The van der Waals surface area contributed by atoms with Crippen LogP contribution in [0.2, 0.25) is 0 Å². The van der Waals surface area contributed by atoms with Gasteiger partial charge in [-0.3, -0.25) is 29.5 Å². The summed E-state index contributed by atoms with van der Waals surface area (Å²) in [5, 5.41) is 2.32. The van der Waals surface area contributed by atoms with E-state index >= 15 is 4.39 Å². The number of fused-ring (bicyclic) bond motifs is 3. The van der Waals surface area contributed by atoms with E-state index in [1.807, 2.05) is 12.1 Å². The van der Waals surface area contributed by atoms with Crippen molar-refractivity contribution in [1.29, 1.82) is 0 Å². The highest BCUT2D eigenvalue weighted by molar-refractivity contribution is 6.05. The molecule has 0 aromatic heterocycles. The Kier molecular flexibility index (Phi) is 6.24. The van der Waals surface area contributed by atoms with Gasteiger partial charge in [0.05, 0.1) is 6.04 Å². The van der Waals surface area contributed by atoms with Gasteiger partial charge in [-0.05, 0) is 41.7 Å². The van der Waals surface area contributed by atoms with Crippen molar-refractivity contribution in [2.75, 3.05) is 13.1 Å². The normalized spacial score (nSPS) is 24.7. The van der Waals surface area contributed by atoms with Crippen molar-refractivity contribution in [1.82, 2.24) is 20.0 Å². The number of nitrogens with one attached hydrogen (secondary N) is 1. The topological polar surface area (TPSA) is 73.0 Å². The van der Waals surface area contributed by atoms with Gasteiger partial charge in [-0.15, -0.1) is 0 Å². The lowest BCUT2D eigenvalue weighted by molar-refractivity contribution is -0.136. The number of piperazine rings is 1. The minimum Gasteiger partial charge on any atom is -0.322 e. The van der Waals surface area contributed by atoms with E-state index in [9.17, 15) is 14.4 Å². The molecule has 1 unspecified atom stereocenters. The minimum atomic E-state index is -0.702. The van der Waals surface area contributed by atoms with Gasteiger partial charge in [0.2, 0.25) is 11.8 Å². The fraction of sp³-hybridized carbons (Fsp3) is 0.344. The first kappa shape index (κ1) is 25.1. The summed E-state index contributed by atoms with van der Waals surface area (Å²) < 4.78 is 15.3. The van der Waals surface area contributed by atoms with Crippen molar-refractivity contribution in [3.05, 3.63) is 106 Å². The molecular formula is C32H31FN4O3. The summed E-state index contributed by atoms with van der Waals surface area (Å²) in [6, 6.07) is 24.6. The van der Waals surface area contributed by atoms with Crippen LogP contribution in [0.15, 0.2) is 72.8 Å². The highest BCUT2D eigenvalue weighted by Gasteiger charge is 2.46. The van der Waals surface area contributed by atoms with Gasteiger partial charge in [0.25, 0.3) is 5.91 Å². The zero-order chi connectivity index (χ0) is 27.4. The van der Waals surface area contributed by atoms with E-state index < -0.39 is 11.9 Å². The molecule has 2 bridgehead atoms. The van der Waals surface area contributed by atoms with Gasteiger partial charge in [-0.2, -0.15) is 0 Å². The number of likely N-dealkylation sites (tertiary alicyclic amines) is 2. The average molecular weight is 539 g/mol. The van der Waals surface area contributed by atoms with Crippen LogP contribution in [0.4, 0.5) is 4.39 Å². The van der Waals surface area contributed by atoms with Crippen LogP contribution in [0.5, 0.6) is 0 Å². The summed E-state index contributed by atoms with van der Waals surface area (Å²) >= 11 is 0.